The van der Waals surface area contributed by atoms with E-state index in [1.54, 1.807) is 20.4 Å². The highest BCUT2D eigenvalue weighted by molar-refractivity contribution is 5.80. The lowest BCUT2D eigenvalue weighted by molar-refractivity contribution is -0.305. The molecule has 4 rings (SSSR count). The van der Waals surface area contributed by atoms with Gasteiger partial charge < -0.3 is 23.8 Å². The van der Waals surface area contributed by atoms with Crippen molar-refractivity contribution in [3.05, 3.63) is 65.9 Å². The van der Waals surface area contributed by atoms with E-state index in [4.69, 9.17) is 23.8 Å². The second-order valence-corrected chi connectivity index (χ2v) is 8.37. The smallest absolute Gasteiger partial charge is 0.376 e. The third-order valence-electron chi connectivity index (χ3n) is 6.07. The van der Waals surface area contributed by atoms with E-state index in [2.05, 4.69) is 15.5 Å². The van der Waals surface area contributed by atoms with E-state index in [1.165, 1.54) is 30.1 Å². The van der Waals surface area contributed by atoms with Crippen LogP contribution in [0.1, 0.15) is 18.1 Å². The minimum absolute atomic E-state index is 0.295. The minimum Gasteiger partial charge on any atom is -0.376 e. The molecule has 198 valence electrons. The number of alkyl halides is 3. The van der Waals surface area contributed by atoms with E-state index >= 15 is 0 Å². The second-order valence-electron chi connectivity index (χ2n) is 8.37. The Morgan fingerprint density at radius 3 is 2.16 bits per heavy atom. The molecule has 0 N–H and O–H groups in total. The first-order chi connectivity index (χ1) is 17.7. The molecule has 0 bridgehead atoms. The summed E-state index contributed by atoms with van der Waals surface area (Å²) >= 11 is 0. The molecule has 0 aliphatic carbocycles. The van der Waals surface area contributed by atoms with Gasteiger partial charge in [0.25, 0.3) is 6.29 Å². The van der Waals surface area contributed by atoms with E-state index < -0.39 is 30.2 Å². The number of hydrogen-bond acceptors (Lipinski definition) is 8. The zero-order valence-corrected chi connectivity index (χ0v) is 20.6. The molecule has 1 aromatic heterocycles. The van der Waals surface area contributed by atoms with E-state index in [0.717, 1.165) is 23.3 Å². The third kappa shape index (κ3) is 5.99. The maximum Gasteiger partial charge on any atom is 0.416 e. The number of halogens is 3. The Balaban J connectivity index is 1.40. The van der Waals surface area contributed by atoms with E-state index in [0.29, 0.717) is 11.4 Å². The standard InChI is InChI=1S/C25H27F3N4O5/c1-15-21(33-2)22(34-3)23(35-4)24(36-15)37-29-13-16-5-7-17(8-6-16)20-14-32(31-30-20)19-11-9-18(10-12-19)25(26,27)28/h5-15,21-24H,1-4H3/b29-13+/t15-,21-,22+,23+,24-/m0/s1. The average molecular weight is 521 g/mol. The van der Waals surface area contributed by atoms with Gasteiger partial charge in [0.15, 0.2) is 6.10 Å². The summed E-state index contributed by atoms with van der Waals surface area (Å²) in [5.74, 6) is 0. The van der Waals surface area contributed by atoms with Crippen molar-refractivity contribution in [1.82, 2.24) is 15.0 Å². The largest absolute Gasteiger partial charge is 0.416 e. The minimum atomic E-state index is -4.39. The van der Waals surface area contributed by atoms with Crippen LogP contribution in [0.25, 0.3) is 16.9 Å². The van der Waals surface area contributed by atoms with Crippen molar-refractivity contribution in [3.63, 3.8) is 0 Å². The van der Waals surface area contributed by atoms with Crippen molar-refractivity contribution < 1.29 is 37.0 Å². The number of aromatic nitrogens is 3. The van der Waals surface area contributed by atoms with Gasteiger partial charge in [-0.25, -0.2) is 4.68 Å². The molecule has 0 spiro atoms. The van der Waals surface area contributed by atoms with E-state index in [9.17, 15) is 13.2 Å². The molecule has 2 heterocycles. The van der Waals surface area contributed by atoms with Gasteiger partial charge in [0.1, 0.15) is 17.9 Å². The van der Waals surface area contributed by atoms with Crippen LogP contribution in [-0.4, -0.2) is 73.2 Å². The van der Waals surface area contributed by atoms with Gasteiger partial charge in [0, 0.05) is 26.9 Å². The zero-order valence-electron chi connectivity index (χ0n) is 20.6. The Bertz CT molecular complexity index is 1180. The van der Waals surface area contributed by atoms with Crippen LogP contribution in [0.3, 0.4) is 0 Å². The fraction of sp³-hybridized carbons (Fsp3) is 0.400. The van der Waals surface area contributed by atoms with Crippen molar-refractivity contribution >= 4 is 6.21 Å². The summed E-state index contributed by atoms with van der Waals surface area (Å²) in [6.07, 6.45) is -3.55. The van der Waals surface area contributed by atoms with Gasteiger partial charge >= 0.3 is 6.18 Å². The Morgan fingerprint density at radius 1 is 0.919 bits per heavy atom. The molecule has 3 aromatic rings. The molecule has 5 atom stereocenters. The van der Waals surface area contributed by atoms with Crippen LogP contribution in [0, 0.1) is 0 Å². The van der Waals surface area contributed by atoms with Gasteiger partial charge in [-0.05, 0) is 36.8 Å². The molecule has 0 amide bonds. The maximum absolute atomic E-state index is 12.8. The van der Waals surface area contributed by atoms with Gasteiger partial charge in [-0.15, -0.1) is 5.10 Å². The van der Waals surface area contributed by atoms with E-state index in [-0.39, 0.29) is 12.2 Å². The van der Waals surface area contributed by atoms with Crippen LogP contribution in [0.15, 0.2) is 59.9 Å². The van der Waals surface area contributed by atoms with Crippen molar-refractivity contribution in [2.75, 3.05) is 21.3 Å². The van der Waals surface area contributed by atoms with Gasteiger partial charge in [-0.1, -0.05) is 34.6 Å². The Hall–Kier alpha value is -3.32. The van der Waals surface area contributed by atoms with Crippen molar-refractivity contribution in [3.8, 4) is 16.9 Å². The molecule has 1 aliphatic heterocycles. The van der Waals surface area contributed by atoms with Crippen LogP contribution >= 0.6 is 0 Å². The van der Waals surface area contributed by atoms with Crippen LogP contribution in [-0.2, 0) is 30.0 Å². The monoisotopic (exact) mass is 520 g/mol. The molecule has 1 fully saturated rings. The summed E-state index contributed by atoms with van der Waals surface area (Å²) in [6, 6.07) is 12.0. The molecule has 37 heavy (non-hydrogen) atoms. The zero-order chi connectivity index (χ0) is 26.6. The average Bonchev–Trinajstić information content (AvgIpc) is 3.38. The molecule has 9 nitrogen and oxygen atoms in total. The summed E-state index contributed by atoms with van der Waals surface area (Å²) in [7, 11) is 4.70. The van der Waals surface area contributed by atoms with Crippen LogP contribution in [0.4, 0.5) is 13.2 Å². The third-order valence-corrected chi connectivity index (χ3v) is 6.07. The predicted octanol–water partition coefficient (Wildman–Crippen LogP) is 4.09. The van der Waals surface area contributed by atoms with Crippen LogP contribution in [0.5, 0.6) is 0 Å². The quantitative estimate of drug-likeness (QED) is 0.327. The number of hydrogen-bond donors (Lipinski definition) is 0. The van der Waals surface area contributed by atoms with Crippen LogP contribution < -0.4 is 0 Å². The molecule has 1 saturated heterocycles. The van der Waals surface area contributed by atoms with Gasteiger partial charge in [0.05, 0.1) is 29.8 Å². The highest BCUT2D eigenvalue weighted by atomic mass is 19.4. The van der Waals surface area contributed by atoms with Crippen molar-refractivity contribution in [1.29, 1.82) is 0 Å². The molecule has 2 aromatic carbocycles. The molecular weight excluding hydrogens is 493 g/mol. The summed E-state index contributed by atoms with van der Waals surface area (Å²) in [5, 5.41) is 12.2. The number of methoxy groups -OCH3 is 3. The predicted molar refractivity (Wildman–Crippen MR) is 127 cm³/mol. The van der Waals surface area contributed by atoms with Crippen molar-refractivity contribution in [2.45, 2.75) is 43.8 Å². The first-order valence-corrected chi connectivity index (χ1v) is 11.4. The van der Waals surface area contributed by atoms with Crippen LogP contribution in [0.2, 0.25) is 0 Å². The number of rotatable bonds is 8. The SMILES string of the molecule is CO[C@@H]1[C@@H](OC)[C@H](C)O[C@@H](O/N=C/c2ccc(-c3cn(-c4ccc(C(F)(F)F)cc4)nn3)cc2)[C@@H]1OC. The van der Waals surface area contributed by atoms with Gasteiger partial charge in [-0.2, -0.15) is 13.2 Å². The number of benzene rings is 2. The van der Waals surface area contributed by atoms with Gasteiger partial charge in [0.2, 0.25) is 0 Å². The Labute approximate surface area is 211 Å². The fourth-order valence-corrected chi connectivity index (χ4v) is 4.12. The summed E-state index contributed by atoms with van der Waals surface area (Å²) in [4.78, 5) is 5.57. The molecule has 12 heteroatoms. The fourth-order valence-electron chi connectivity index (χ4n) is 4.12. The summed E-state index contributed by atoms with van der Waals surface area (Å²) in [5.41, 5.74) is 1.83. The normalized spacial score (nSPS) is 24.5. The first kappa shape index (κ1) is 26.7. The maximum atomic E-state index is 12.8. The molecule has 0 saturated carbocycles. The van der Waals surface area contributed by atoms with Gasteiger partial charge in [-0.3, -0.25) is 0 Å². The van der Waals surface area contributed by atoms with E-state index in [1.807, 2.05) is 31.2 Å². The summed E-state index contributed by atoms with van der Waals surface area (Å²) < 4.78 is 62.2. The molecular formula is C25H27F3N4O5. The lowest BCUT2D eigenvalue weighted by atomic mass is 9.99. The topological polar surface area (TPSA) is 89.2 Å². The van der Waals surface area contributed by atoms with Crippen molar-refractivity contribution in [2.24, 2.45) is 5.16 Å². The lowest BCUT2D eigenvalue weighted by Gasteiger charge is -2.42. The second kappa shape index (κ2) is 11.4. The highest BCUT2D eigenvalue weighted by Crippen LogP contribution is 2.30. The Kier molecular flexibility index (Phi) is 8.22. The highest BCUT2D eigenvalue weighted by Gasteiger charge is 2.46. The first-order valence-electron chi connectivity index (χ1n) is 11.4. The lowest BCUT2D eigenvalue weighted by Crippen LogP contribution is -2.59. The molecule has 0 radical (unpaired) electrons. The summed E-state index contributed by atoms with van der Waals surface area (Å²) in [6.45, 7) is 1.86. The Morgan fingerprint density at radius 2 is 1.57 bits per heavy atom. The molecule has 1 aliphatic rings. The molecule has 0 unspecified atom stereocenters. The number of nitrogens with zero attached hydrogens (tertiary/aromatic N) is 4. The number of oxime groups is 1. The number of ether oxygens (including phenoxy) is 4.